The molecule has 1 amide bonds. The van der Waals surface area contributed by atoms with Gasteiger partial charge in [-0.3, -0.25) is 4.79 Å². The van der Waals surface area contributed by atoms with Crippen LogP contribution in [0.4, 0.5) is 5.69 Å². The number of aliphatic hydroxyl groups is 1. The highest BCUT2D eigenvalue weighted by atomic mass is 32.1. The van der Waals surface area contributed by atoms with Crippen LogP contribution in [0.15, 0.2) is 35.3 Å². The van der Waals surface area contributed by atoms with Crippen LogP contribution in [0.2, 0.25) is 0 Å². The van der Waals surface area contributed by atoms with Crippen molar-refractivity contribution in [1.82, 2.24) is 5.32 Å². The lowest BCUT2D eigenvalue weighted by atomic mass is 10.1. The van der Waals surface area contributed by atoms with Gasteiger partial charge in [0.15, 0.2) is 6.23 Å². The molecule has 3 N–H and O–H groups in total. The summed E-state index contributed by atoms with van der Waals surface area (Å²) in [6, 6.07) is 9.22. The molecule has 0 bridgehead atoms. The molecule has 5 nitrogen and oxygen atoms in total. The van der Waals surface area contributed by atoms with E-state index in [1.807, 2.05) is 30.3 Å². The number of nitrogens with one attached hydrogen (secondary N) is 2. The maximum Gasteiger partial charge on any atom is 0.239 e. The Labute approximate surface area is 104 Å². The first-order valence-electron chi connectivity index (χ1n) is 5.04. The SMILES string of the molecule is O=C1NC=NC(O)C1C(=S)Nc1ccccc1. The van der Waals surface area contributed by atoms with Crippen molar-refractivity contribution in [3.05, 3.63) is 30.3 Å². The number of thiocarbonyl (C=S) groups is 1. The van der Waals surface area contributed by atoms with Crippen molar-refractivity contribution >= 4 is 35.1 Å². The molecule has 0 saturated carbocycles. The van der Waals surface area contributed by atoms with Gasteiger partial charge in [-0.05, 0) is 12.1 Å². The lowest BCUT2D eigenvalue weighted by molar-refractivity contribution is -0.124. The topological polar surface area (TPSA) is 73.7 Å². The first-order valence-corrected chi connectivity index (χ1v) is 5.45. The van der Waals surface area contributed by atoms with Gasteiger partial charge in [-0.15, -0.1) is 0 Å². The molecule has 1 aromatic carbocycles. The fourth-order valence-corrected chi connectivity index (χ4v) is 1.83. The minimum atomic E-state index is -1.13. The van der Waals surface area contributed by atoms with Crippen LogP contribution < -0.4 is 10.6 Å². The molecule has 0 radical (unpaired) electrons. The molecule has 1 aliphatic heterocycles. The van der Waals surface area contributed by atoms with Crippen LogP contribution in [0, 0.1) is 5.92 Å². The van der Waals surface area contributed by atoms with E-state index in [9.17, 15) is 9.90 Å². The van der Waals surface area contributed by atoms with Crippen LogP contribution in [-0.2, 0) is 4.79 Å². The number of rotatable bonds is 2. The lowest BCUT2D eigenvalue weighted by Crippen LogP contribution is -2.46. The molecule has 2 rings (SSSR count). The molecule has 1 aliphatic rings. The Balaban J connectivity index is 2.10. The standard InChI is InChI=1S/C11H11N3O2S/c15-9-8(10(16)13-6-12-9)11(17)14-7-4-2-1-3-5-7/h1-6,8-9,15H,(H,14,17)(H,12,13,16). The van der Waals surface area contributed by atoms with Gasteiger partial charge in [0, 0.05) is 5.69 Å². The van der Waals surface area contributed by atoms with Crippen LogP contribution in [0.25, 0.3) is 0 Å². The number of hydrogen-bond acceptors (Lipinski definition) is 4. The van der Waals surface area contributed by atoms with E-state index in [4.69, 9.17) is 12.2 Å². The molecule has 17 heavy (non-hydrogen) atoms. The maximum absolute atomic E-state index is 11.5. The zero-order valence-corrected chi connectivity index (χ0v) is 9.65. The lowest BCUT2D eigenvalue weighted by Gasteiger charge is -2.23. The summed E-state index contributed by atoms with van der Waals surface area (Å²) in [6.07, 6.45) is 0.0432. The third kappa shape index (κ3) is 2.66. The molecule has 1 heterocycles. The molecule has 88 valence electrons. The van der Waals surface area contributed by atoms with E-state index in [1.54, 1.807) is 0 Å². The van der Waals surface area contributed by atoms with Crippen LogP contribution in [0.5, 0.6) is 0 Å². The predicted octanol–water partition coefficient (Wildman–Crippen LogP) is 0.519. The Kier molecular flexibility index (Phi) is 3.46. The van der Waals surface area contributed by atoms with Gasteiger partial charge in [-0.1, -0.05) is 30.4 Å². The first kappa shape index (κ1) is 11.7. The number of amides is 1. The molecular formula is C11H11N3O2S. The van der Waals surface area contributed by atoms with E-state index in [-0.39, 0.29) is 10.9 Å². The molecule has 1 aromatic rings. The van der Waals surface area contributed by atoms with E-state index in [0.29, 0.717) is 0 Å². The summed E-state index contributed by atoms with van der Waals surface area (Å²) in [4.78, 5) is 15.5. The molecular weight excluding hydrogens is 238 g/mol. The number of nitrogens with zero attached hydrogens (tertiary/aromatic N) is 1. The van der Waals surface area contributed by atoms with Gasteiger partial charge in [-0.25, -0.2) is 4.99 Å². The molecule has 0 spiro atoms. The van der Waals surface area contributed by atoms with Crippen LogP contribution >= 0.6 is 12.2 Å². The second-order valence-electron chi connectivity index (χ2n) is 3.53. The van der Waals surface area contributed by atoms with Crippen LogP contribution in [-0.4, -0.2) is 28.6 Å². The number of anilines is 1. The van der Waals surface area contributed by atoms with Crippen molar-refractivity contribution in [2.45, 2.75) is 6.23 Å². The Morgan fingerprint density at radius 2 is 2.12 bits per heavy atom. The van der Waals surface area contributed by atoms with Crippen molar-refractivity contribution in [1.29, 1.82) is 0 Å². The number of carbonyl (C=O) groups is 1. The Bertz CT molecular complexity index is 461. The van der Waals surface area contributed by atoms with Gasteiger partial charge in [0.1, 0.15) is 5.92 Å². The first-order chi connectivity index (χ1) is 8.18. The van der Waals surface area contributed by atoms with E-state index >= 15 is 0 Å². The zero-order chi connectivity index (χ0) is 12.3. The highest BCUT2D eigenvalue weighted by Crippen LogP contribution is 2.14. The second-order valence-corrected chi connectivity index (χ2v) is 3.97. The number of aliphatic hydroxyl groups excluding tert-OH is 1. The molecule has 2 unspecified atom stereocenters. The Morgan fingerprint density at radius 3 is 2.76 bits per heavy atom. The van der Waals surface area contributed by atoms with Gasteiger partial charge in [0.05, 0.1) is 11.3 Å². The summed E-state index contributed by atoms with van der Waals surface area (Å²) in [5, 5.41) is 14.9. The van der Waals surface area contributed by atoms with Gasteiger partial charge in [-0.2, -0.15) is 0 Å². The largest absolute Gasteiger partial charge is 0.370 e. The van der Waals surface area contributed by atoms with E-state index in [0.717, 1.165) is 5.69 Å². The number of hydrogen-bond donors (Lipinski definition) is 3. The van der Waals surface area contributed by atoms with Gasteiger partial charge in [0.25, 0.3) is 0 Å². The highest BCUT2D eigenvalue weighted by Gasteiger charge is 2.32. The third-order valence-corrected chi connectivity index (χ3v) is 2.69. The minimum Gasteiger partial charge on any atom is -0.370 e. The minimum absolute atomic E-state index is 0.248. The van der Waals surface area contributed by atoms with Crippen molar-refractivity contribution < 1.29 is 9.90 Å². The predicted molar refractivity (Wildman–Crippen MR) is 68.8 cm³/mol. The van der Waals surface area contributed by atoms with E-state index in [2.05, 4.69) is 15.6 Å². The monoisotopic (exact) mass is 249 g/mol. The molecule has 0 aromatic heterocycles. The highest BCUT2D eigenvalue weighted by molar-refractivity contribution is 7.80. The summed E-state index contributed by atoms with van der Waals surface area (Å²) >= 11 is 5.10. The maximum atomic E-state index is 11.5. The number of para-hydroxylation sites is 1. The number of benzene rings is 1. The van der Waals surface area contributed by atoms with Gasteiger partial charge < -0.3 is 15.7 Å². The molecule has 0 saturated heterocycles. The third-order valence-electron chi connectivity index (χ3n) is 2.34. The summed E-state index contributed by atoms with van der Waals surface area (Å²) in [5.74, 6) is -1.21. The average Bonchev–Trinajstić information content (AvgIpc) is 2.30. The molecule has 2 atom stereocenters. The summed E-state index contributed by atoms with van der Waals surface area (Å²) < 4.78 is 0. The van der Waals surface area contributed by atoms with E-state index < -0.39 is 12.1 Å². The van der Waals surface area contributed by atoms with Crippen molar-refractivity contribution in [2.75, 3.05) is 5.32 Å². The molecule has 0 fully saturated rings. The smallest absolute Gasteiger partial charge is 0.239 e. The van der Waals surface area contributed by atoms with Crippen LogP contribution in [0.1, 0.15) is 0 Å². The fourth-order valence-electron chi connectivity index (χ4n) is 1.48. The van der Waals surface area contributed by atoms with Crippen LogP contribution in [0.3, 0.4) is 0 Å². The van der Waals surface area contributed by atoms with Gasteiger partial charge in [0.2, 0.25) is 5.91 Å². The fraction of sp³-hybridized carbons (Fsp3) is 0.182. The summed E-state index contributed by atoms with van der Waals surface area (Å²) in [6.45, 7) is 0. The normalized spacial score (nSPS) is 23.0. The van der Waals surface area contributed by atoms with Crippen molar-refractivity contribution in [3.63, 3.8) is 0 Å². The number of aliphatic imine (C=N–C) groups is 1. The Morgan fingerprint density at radius 1 is 1.41 bits per heavy atom. The molecule has 6 heteroatoms. The quantitative estimate of drug-likeness (QED) is 0.668. The van der Waals surface area contributed by atoms with E-state index in [1.165, 1.54) is 6.34 Å². The molecule has 0 aliphatic carbocycles. The average molecular weight is 249 g/mol. The van der Waals surface area contributed by atoms with Crippen molar-refractivity contribution in [3.8, 4) is 0 Å². The summed E-state index contributed by atoms with van der Waals surface area (Å²) in [5.41, 5.74) is 0.770. The zero-order valence-electron chi connectivity index (χ0n) is 8.83. The van der Waals surface area contributed by atoms with Crippen molar-refractivity contribution in [2.24, 2.45) is 10.9 Å². The second kappa shape index (κ2) is 5.03. The number of carbonyl (C=O) groups excluding carboxylic acids is 1. The van der Waals surface area contributed by atoms with Gasteiger partial charge >= 0.3 is 0 Å². The summed E-state index contributed by atoms with van der Waals surface area (Å²) in [7, 11) is 0. The Hall–Kier alpha value is -1.79.